The van der Waals surface area contributed by atoms with Crippen LogP contribution in [0, 0.1) is 17.8 Å². The number of aliphatic hydroxyl groups excluding tert-OH is 2. The molecule has 0 aliphatic heterocycles. The third kappa shape index (κ3) is 11.6. The Hall–Kier alpha value is -1.48. The van der Waals surface area contributed by atoms with Crippen molar-refractivity contribution in [3.63, 3.8) is 0 Å². The van der Waals surface area contributed by atoms with Gasteiger partial charge >= 0.3 is 37.1 Å². The molecule has 0 heterocycles. The number of halogens is 20. The van der Waals surface area contributed by atoms with E-state index in [4.69, 9.17) is 10.2 Å². The molecule has 2 N–H and O–H groups in total. The second kappa shape index (κ2) is 13.9. The van der Waals surface area contributed by atoms with Crippen LogP contribution < -0.4 is 0 Å². The normalized spacial score (nSPS) is 17.0. The van der Waals surface area contributed by atoms with Crippen molar-refractivity contribution in [2.24, 2.45) is 17.8 Å². The van der Waals surface area contributed by atoms with Crippen LogP contribution in [0.25, 0.3) is 0 Å². The quantitative estimate of drug-likeness (QED) is 0.230. The smallest absolute Gasteiger partial charge is 0.396 e. The molecule has 2 nitrogen and oxygen atoms in total. The summed E-state index contributed by atoms with van der Waals surface area (Å²) in [6, 6.07) is 0. The van der Waals surface area contributed by atoms with Crippen molar-refractivity contribution >= 4 is 0 Å². The van der Waals surface area contributed by atoms with E-state index < -0.39 is 111 Å². The summed E-state index contributed by atoms with van der Waals surface area (Å²) in [5, 5.41) is 16.9. The largest absolute Gasteiger partial charge is 0.431 e. The SMILES string of the molecule is CC(CO)CC(CC(F)(C(F)(F)F)C(F)(F)F)C(F)(F)F.OCCCC(CC(F)(C(F)(F)F)C(F)(F)F)C(F)(F)F. The van der Waals surface area contributed by atoms with Gasteiger partial charge in [-0.15, -0.1) is 0 Å². The number of aliphatic hydroxyl groups is 2. The van der Waals surface area contributed by atoms with E-state index in [0.717, 1.165) is 6.92 Å². The van der Waals surface area contributed by atoms with Crippen LogP contribution in [0.3, 0.4) is 0 Å². The fourth-order valence-corrected chi connectivity index (χ4v) is 3.08. The van der Waals surface area contributed by atoms with Gasteiger partial charge in [0.2, 0.25) is 0 Å². The Balaban J connectivity index is 0. The van der Waals surface area contributed by atoms with Crippen LogP contribution in [0.5, 0.6) is 0 Å². The average Bonchev–Trinajstić information content (AvgIpc) is 2.71. The van der Waals surface area contributed by atoms with E-state index in [9.17, 15) is 87.8 Å². The second-order valence-corrected chi connectivity index (χ2v) is 8.87. The molecule has 0 bridgehead atoms. The van der Waals surface area contributed by atoms with Gasteiger partial charge in [0.15, 0.2) is 0 Å². The minimum Gasteiger partial charge on any atom is -0.396 e. The van der Waals surface area contributed by atoms with E-state index in [1.165, 1.54) is 0 Å². The minimum absolute atomic E-state index is 0.698. The second-order valence-electron chi connectivity index (χ2n) is 8.87. The summed E-state index contributed by atoms with van der Waals surface area (Å²) in [4.78, 5) is 0. The molecule has 250 valence electrons. The highest BCUT2D eigenvalue weighted by Gasteiger charge is 2.74. The lowest BCUT2D eigenvalue weighted by Crippen LogP contribution is -2.55. The van der Waals surface area contributed by atoms with Crippen LogP contribution in [-0.4, -0.2) is 71.8 Å². The minimum atomic E-state index is -6.53. The maximum atomic E-state index is 13.3. The molecule has 0 aromatic heterocycles. The molecule has 3 atom stereocenters. The number of alkyl halides is 20. The van der Waals surface area contributed by atoms with E-state index in [1.807, 2.05) is 0 Å². The van der Waals surface area contributed by atoms with Crippen LogP contribution in [-0.2, 0) is 0 Å². The van der Waals surface area contributed by atoms with E-state index in [2.05, 4.69) is 0 Å². The Labute approximate surface area is 217 Å². The standard InChI is InChI=1S/C10H12F10O.C9H10F10O/c1-5(4-21)2-6(8(12,13)14)3-7(11,9(15,16)17)10(18,19)20;10-6(8(14,15)16,9(17,18)19)4-5(2-1-3-20)7(11,12)13/h5-6,21H,2-4H2,1H3;5,20H,1-4H2. The van der Waals surface area contributed by atoms with Crippen molar-refractivity contribution in [1.29, 1.82) is 0 Å². The Kier molecular flexibility index (Phi) is 14.1. The van der Waals surface area contributed by atoms with Crippen LogP contribution in [0.15, 0.2) is 0 Å². The van der Waals surface area contributed by atoms with Crippen molar-refractivity contribution < 1.29 is 98.0 Å². The van der Waals surface area contributed by atoms with E-state index in [-0.39, 0.29) is 0 Å². The van der Waals surface area contributed by atoms with E-state index in [0.29, 0.717) is 0 Å². The first kappa shape index (κ1) is 41.7. The van der Waals surface area contributed by atoms with Gasteiger partial charge in [-0.2, -0.15) is 79.0 Å². The van der Waals surface area contributed by atoms with Crippen LogP contribution in [0.1, 0.15) is 39.0 Å². The van der Waals surface area contributed by atoms with Gasteiger partial charge in [0, 0.05) is 26.1 Å². The Bertz CT molecular complexity index is 729. The van der Waals surface area contributed by atoms with Gasteiger partial charge in [-0.1, -0.05) is 6.92 Å². The molecular formula is C19H22F20O2. The third-order valence-corrected chi connectivity index (χ3v) is 5.49. The lowest BCUT2D eigenvalue weighted by Gasteiger charge is -2.34. The third-order valence-electron chi connectivity index (χ3n) is 5.49. The number of rotatable bonds is 10. The molecule has 0 spiro atoms. The fraction of sp³-hybridized carbons (Fsp3) is 1.00. The molecule has 22 heteroatoms. The molecule has 41 heavy (non-hydrogen) atoms. The average molecular weight is 662 g/mol. The van der Waals surface area contributed by atoms with Crippen molar-refractivity contribution in [1.82, 2.24) is 0 Å². The van der Waals surface area contributed by atoms with Crippen molar-refractivity contribution in [2.45, 2.75) is 87.4 Å². The highest BCUT2D eigenvalue weighted by atomic mass is 19.4. The van der Waals surface area contributed by atoms with Gasteiger partial charge in [-0.25, -0.2) is 8.78 Å². The molecule has 0 saturated heterocycles. The molecular weight excluding hydrogens is 640 g/mol. The number of hydrogen-bond donors (Lipinski definition) is 2. The molecule has 3 unspecified atom stereocenters. The highest BCUT2D eigenvalue weighted by molar-refractivity contribution is 4.98. The van der Waals surface area contributed by atoms with Gasteiger partial charge in [-0.05, 0) is 25.2 Å². The molecule has 0 aromatic rings. The fourth-order valence-electron chi connectivity index (χ4n) is 3.08. The summed E-state index contributed by atoms with van der Waals surface area (Å²) in [6.07, 6.45) is -45.8. The van der Waals surface area contributed by atoms with Gasteiger partial charge in [0.1, 0.15) is 0 Å². The first-order valence-electron chi connectivity index (χ1n) is 10.7. The summed E-state index contributed by atoms with van der Waals surface area (Å²) in [5.74, 6) is -7.59. The zero-order chi connectivity index (χ0) is 33.7. The summed E-state index contributed by atoms with van der Waals surface area (Å²) in [7, 11) is 0. The molecule has 0 rings (SSSR count). The maximum Gasteiger partial charge on any atom is 0.431 e. The lowest BCUT2D eigenvalue weighted by molar-refractivity contribution is -0.353. The first-order chi connectivity index (χ1) is 17.7. The molecule has 0 aromatic carbocycles. The van der Waals surface area contributed by atoms with Crippen molar-refractivity contribution in [3.05, 3.63) is 0 Å². The van der Waals surface area contributed by atoms with Crippen LogP contribution >= 0.6 is 0 Å². The predicted octanol–water partition coefficient (Wildman–Crippen LogP) is 8.57. The van der Waals surface area contributed by atoms with Crippen LogP contribution in [0.4, 0.5) is 87.8 Å². The van der Waals surface area contributed by atoms with Gasteiger partial charge in [0.05, 0.1) is 11.8 Å². The summed E-state index contributed by atoms with van der Waals surface area (Å²) in [5.41, 5.74) is -11.9. The molecule has 0 aliphatic carbocycles. The predicted molar refractivity (Wildman–Crippen MR) is 97.4 cm³/mol. The van der Waals surface area contributed by atoms with Gasteiger partial charge in [-0.3, -0.25) is 0 Å². The number of hydrogen-bond acceptors (Lipinski definition) is 2. The Morgan fingerprint density at radius 2 is 0.780 bits per heavy atom. The van der Waals surface area contributed by atoms with Gasteiger partial charge < -0.3 is 10.2 Å². The Morgan fingerprint density at radius 1 is 0.488 bits per heavy atom. The topological polar surface area (TPSA) is 40.5 Å². The molecule has 0 saturated carbocycles. The summed E-state index contributed by atoms with van der Waals surface area (Å²) >= 11 is 0. The molecule has 0 aliphatic rings. The summed E-state index contributed by atoms with van der Waals surface area (Å²) in [6.45, 7) is -0.770. The molecule has 0 radical (unpaired) electrons. The zero-order valence-corrected chi connectivity index (χ0v) is 20.1. The molecule has 0 fully saturated rings. The van der Waals surface area contributed by atoms with E-state index >= 15 is 0 Å². The van der Waals surface area contributed by atoms with Crippen molar-refractivity contribution in [2.75, 3.05) is 13.2 Å². The van der Waals surface area contributed by atoms with E-state index in [1.54, 1.807) is 0 Å². The monoisotopic (exact) mass is 662 g/mol. The summed E-state index contributed by atoms with van der Waals surface area (Å²) < 4.78 is 248. The van der Waals surface area contributed by atoms with Gasteiger partial charge in [0.25, 0.3) is 11.3 Å². The zero-order valence-electron chi connectivity index (χ0n) is 20.1. The first-order valence-corrected chi connectivity index (χ1v) is 10.7. The lowest BCUT2D eigenvalue weighted by atomic mass is 9.84. The Morgan fingerprint density at radius 3 is 1.00 bits per heavy atom. The van der Waals surface area contributed by atoms with Crippen LogP contribution in [0.2, 0.25) is 0 Å². The maximum absolute atomic E-state index is 13.3. The van der Waals surface area contributed by atoms with Crippen molar-refractivity contribution in [3.8, 4) is 0 Å². The highest BCUT2D eigenvalue weighted by Crippen LogP contribution is 2.53. The molecule has 0 amide bonds.